The highest BCUT2D eigenvalue weighted by atomic mass is 19.1. The van der Waals surface area contributed by atoms with Gasteiger partial charge in [0.2, 0.25) is 0 Å². The molecule has 0 amide bonds. The van der Waals surface area contributed by atoms with Crippen LogP contribution < -0.4 is 5.32 Å². The first-order chi connectivity index (χ1) is 6.68. The van der Waals surface area contributed by atoms with E-state index in [9.17, 15) is 4.39 Å². The Hall–Kier alpha value is -0.830. The molecule has 0 spiro atoms. The zero-order valence-corrected chi connectivity index (χ0v) is 8.52. The van der Waals surface area contributed by atoms with Gasteiger partial charge in [-0.25, -0.2) is 4.39 Å². The standard InChI is InChI=1S/C11H17FN2/c1-11(12,10-5-3-7-14-10)8-9-4-2-6-13-9/h3,5,7,9,13-14H,2,4,6,8H2,1H3. The number of H-pyrrole nitrogens is 1. The molecule has 2 nitrogen and oxygen atoms in total. The number of aromatic nitrogens is 1. The molecule has 2 unspecified atom stereocenters. The van der Waals surface area contributed by atoms with Gasteiger partial charge in [-0.3, -0.25) is 0 Å². The lowest BCUT2D eigenvalue weighted by Crippen LogP contribution is -2.30. The van der Waals surface area contributed by atoms with Crippen molar-refractivity contribution in [3.63, 3.8) is 0 Å². The van der Waals surface area contributed by atoms with Crippen LogP contribution in [0.4, 0.5) is 4.39 Å². The van der Waals surface area contributed by atoms with Crippen LogP contribution in [0.2, 0.25) is 0 Å². The molecule has 1 aromatic rings. The molecule has 2 N–H and O–H groups in total. The summed E-state index contributed by atoms with van der Waals surface area (Å²) in [5.41, 5.74) is -0.544. The van der Waals surface area contributed by atoms with Gasteiger partial charge in [-0.2, -0.15) is 0 Å². The van der Waals surface area contributed by atoms with Crippen molar-refractivity contribution >= 4 is 0 Å². The molecule has 0 saturated carbocycles. The molecule has 1 aromatic heterocycles. The van der Waals surface area contributed by atoms with E-state index in [1.807, 2.05) is 12.1 Å². The van der Waals surface area contributed by atoms with E-state index < -0.39 is 5.67 Å². The summed E-state index contributed by atoms with van der Waals surface area (Å²) >= 11 is 0. The second-order valence-corrected chi connectivity index (χ2v) is 4.28. The predicted octanol–water partition coefficient (Wildman–Crippen LogP) is 2.34. The third-order valence-corrected chi connectivity index (χ3v) is 2.95. The molecule has 78 valence electrons. The van der Waals surface area contributed by atoms with E-state index in [2.05, 4.69) is 10.3 Å². The normalized spacial score (nSPS) is 26.3. The van der Waals surface area contributed by atoms with Crippen molar-refractivity contribution in [3.05, 3.63) is 24.0 Å². The van der Waals surface area contributed by atoms with E-state index in [0.29, 0.717) is 18.2 Å². The first kappa shape index (κ1) is 9.71. The molecule has 3 heteroatoms. The maximum Gasteiger partial charge on any atom is 0.149 e. The zero-order chi connectivity index (χ0) is 10.0. The van der Waals surface area contributed by atoms with Crippen molar-refractivity contribution < 1.29 is 4.39 Å². The fourth-order valence-corrected chi connectivity index (χ4v) is 2.16. The number of halogens is 1. The Bertz CT molecular complexity index is 273. The second-order valence-electron chi connectivity index (χ2n) is 4.28. The second kappa shape index (κ2) is 3.73. The van der Waals surface area contributed by atoms with Crippen LogP contribution in [-0.4, -0.2) is 17.6 Å². The fraction of sp³-hybridized carbons (Fsp3) is 0.636. The van der Waals surface area contributed by atoms with Crippen LogP contribution in [-0.2, 0) is 5.67 Å². The number of aromatic amines is 1. The molecular formula is C11H17FN2. The molecule has 2 rings (SSSR count). The molecule has 1 fully saturated rings. The molecule has 0 aromatic carbocycles. The monoisotopic (exact) mass is 196 g/mol. The Morgan fingerprint density at radius 2 is 2.50 bits per heavy atom. The fourth-order valence-electron chi connectivity index (χ4n) is 2.16. The molecule has 2 heterocycles. The minimum Gasteiger partial charge on any atom is -0.362 e. The third kappa shape index (κ3) is 1.98. The lowest BCUT2D eigenvalue weighted by Gasteiger charge is -2.23. The summed E-state index contributed by atoms with van der Waals surface area (Å²) in [5.74, 6) is 0. The van der Waals surface area contributed by atoms with E-state index in [1.165, 1.54) is 6.42 Å². The summed E-state index contributed by atoms with van der Waals surface area (Å²) in [4.78, 5) is 2.95. The Kier molecular flexibility index (Phi) is 2.59. The summed E-state index contributed by atoms with van der Waals surface area (Å²) < 4.78 is 14.2. The largest absolute Gasteiger partial charge is 0.362 e. The number of hydrogen-bond donors (Lipinski definition) is 2. The van der Waals surface area contributed by atoms with E-state index in [4.69, 9.17) is 0 Å². The average molecular weight is 196 g/mol. The summed E-state index contributed by atoms with van der Waals surface area (Å²) in [6, 6.07) is 4.00. The first-order valence-electron chi connectivity index (χ1n) is 5.25. The molecule has 1 aliphatic heterocycles. The quantitative estimate of drug-likeness (QED) is 0.763. The van der Waals surface area contributed by atoms with E-state index in [0.717, 1.165) is 13.0 Å². The van der Waals surface area contributed by atoms with Gasteiger partial charge in [-0.1, -0.05) is 0 Å². The van der Waals surface area contributed by atoms with Crippen molar-refractivity contribution in [2.75, 3.05) is 6.54 Å². The lowest BCUT2D eigenvalue weighted by atomic mass is 9.94. The summed E-state index contributed by atoms with van der Waals surface area (Å²) in [5, 5.41) is 3.32. The van der Waals surface area contributed by atoms with Crippen molar-refractivity contribution in [1.82, 2.24) is 10.3 Å². The van der Waals surface area contributed by atoms with Gasteiger partial charge in [0.15, 0.2) is 0 Å². The predicted molar refractivity (Wildman–Crippen MR) is 54.9 cm³/mol. The highest BCUT2D eigenvalue weighted by molar-refractivity contribution is 5.13. The Morgan fingerprint density at radius 1 is 1.64 bits per heavy atom. The van der Waals surface area contributed by atoms with Crippen LogP contribution in [0.5, 0.6) is 0 Å². The molecule has 2 atom stereocenters. The van der Waals surface area contributed by atoms with Crippen molar-refractivity contribution in [2.45, 2.75) is 37.9 Å². The SMILES string of the molecule is CC(F)(CC1CCCN1)c1ccc[nH]1. The molecule has 0 aliphatic carbocycles. The van der Waals surface area contributed by atoms with Gasteiger partial charge in [0.1, 0.15) is 5.67 Å². The Morgan fingerprint density at radius 3 is 3.07 bits per heavy atom. The molecule has 0 bridgehead atoms. The number of alkyl halides is 1. The van der Waals surface area contributed by atoms with Gasteiger partial charge in [0, 0.05) is 18.7 Å². The Labute approximate surface area is 83.9 Å². The van der Waals surface area contributed by atoms with Crippen LogP contribution in [0.1, 0.15) is 31.9 Å². The van der Waals surface area contributed by atoms with Gasteiger partial charge >= 0.3 is 0 Å². The van der Waals surface area contributed by atoms with Crippen LogP contribution in [0.3, 0.4) is 0 Å². The summed E-state index contributed by atoms with van der Waals surface area (Å²) in [6.07, 6.45) is 4.61. The molecule has 14 heavy (non-hydrogen) atoms. The highest BCUT2D eigenvalue weighted by Gasteiger charge is 2.31. The molecule has 0 radical (unpaired) electrons. The van der Waals surface area contributed by atoms with Crippen molar-refractivity contribution in [2.24, 2.45) is 0 Å². The molecular weight excluding hydrogens is 179 g/mol. The number of rotatable bonds is 3. The van der Waals surface area contributed by atoms with Gasteiger partial charge < -0.3 is 10.3 Å². The summed E-state index contributed by atoms with van der Waals surface area (Å²) in [6.45, 7) is 2.68. The molecule has 1 aliphatic rings. The first-order valence-corrected chi connectivity index (χ1v) is 5.25. The van der Waals surface area contributed by atoms with Crippen LogP contribution in [0, 0.1) is 0 Å². The third-order valence-electron chi connectivity index (χ3n) is 2.95. The van der Waals surface area contributed by atoms with Crippen LogP contribution in [0.15, 0.2) is 18.3 Å². The van der Waals surface area contributed by atoms with Crippen LogP contribution in [0.25, 0.3) is 0 Å². The van der Waals surface area contributed by atoms with Gasteiger partial charge in [0.05, 0.1) is 5.69 Å². The van der Waals surface area contributed by atoms with Crippen molar-refractivity contribution in [3.8, 4) is 0 Å². The lowest BCUT2D eigenvalue weighted by molar-refractivity contribution is 0.154. The van der Waals surface area contributed by atoms with E-state index in [1.54, 1.807) is 13.1 Å². The highest BCUT2D eigenvalue weighted by Crippen LogP contribution is 2.31. The maximum absolute atomic E-state index is 14.2. The van der Waals surface area contributed by atoms with Gasteiger partial charge in [-0.15, -0.1) is 0 Å². The molecule has 1 saturated heterocycles. The maximum atomic E-state index is 14.2. The smallest absolute Gasteiger partial charge is 0.149 e. The zero-order valence-electron chi connectivity index (χ0n) is 8.52. The minimum atomic E-state index is -1.23. The van der Waals surface area contributed by atoms with E-state index >= 15 is 0 Å². The minimum absolute atomic E-state index is 0.341. The van der Waals surface area contributed by atoms with E-state index in [-0.39, 0.29) is 0 Å². The number of hydrogen-bond acceptors (Lipinski definition) is 1. The summed E-state index contributed by atoms with van der Waals surface area (Å²) in [7, 11) is 0. The van der Waals surface area contributed by atoms with Crippen LogP contribution >= 0.6 is 0 Å². The van der Waals surface area contributed by atoms with Gasteiger partial charge in [-0.05, 0) is 38.4 Å². The topological polar surface area (TPSA) is 27.8 Å². The van der Waals surface area contributed by atoms with Gasteiger partial charge in [0.25, 0.3) is 0 Å². The Balaban J connectivity index is 2.01. The number of nitrogens with one attached hydrogen (secondary N) is 2. The average Bonchev–Trinajstić information content (AvgIpc) is 2.71. The van der Waals surface area contributed by atoms with Crippen molar-refractivity contribution in [1.29, 1.82) is 0 Å².